The monoisotopic (exact) mass is 516 g/mol. The molecule has 0 aliphatic rings. The Kier molecular flexibility index (Phi) is 8.98. The molecule has 0 saturated heterocycles. The molecule has 0 bridgehead atoms. The Bertz CT molecular complexity index is 1200. The van der Waals surface area contributed by atoms with Crippen LogP contribution in [-0.2, 0) is 16.0 Å². The number of anilines is 2. The molecule has 176 valence electrons. The summed E-state index contributed by atoms with van der Waals surface area (Å²) in [5.41, 5.74) is 1.74. The highest BCUT2D eigenvalue weighted by Crippen LogP contribution is 2.30. The van der Waals surface area contributed by atoms with E-state index in [1.807, 2.05) is 13.0 Å². The minimum atomic E-state index is -1.11. The third-order valence-corrected chi connectivity index (χ3v) is 6.75. The second kappa shape index (κ2) is 11.9. The minimum absolute atomic E-state index is 0.0300. The number of halogens is 2. The van der Waals surface area contributed by atoms with Gasteiger partial charge in [0.05, 0.1) is 27.9 Å². The van der Waals surface area contributed by atoms with E-state index in [9.17, 15) is 19.5 Å². The Balaban J connectivity index is 1.64. The molecular formula is C25H22Cl2N2O4S. The maximum Gasteiger partial charge on any atom is 0.335 e. The van der Waals surface area contributed by atoms with Crippen LogP contribution in [-0.4, -0.2) is 28.1 Å². The first-order valence-electron chi connectivity index (χ1n) is 10.4. The van der Waals surface area contributed by atoms with Crippen LogP contribution in [0.15, 0.2) is 71.6 Å². The van der Waals surface area contributed by atoms with E-state index in [2.05, 4.69) is 10.6 Å². The lowest BCUT2D eigenvalue weighted by Gasteiger charge is -2.16. The van der Waals surface area contributed by atoms with Crippen molar-refractivity contribution in [1.82, 2.24) is 0 Å². The van der Waals surface area contributed by atoms with E-state index < -0.39 is 11.2 Å². The number of hydrogen-bond acceptors (Lipinski definition) is 4. The van der Waals surface area contributed by atoms with Crippen LogP contribution in [0.2, 0.25) is 10.0 Å². The van der Waals surface area contributed by atoms with Gasteiger partial charge in [-0.25, -0.2) is 4.79 Å². The van der Waals surface area contributed by atoms with Gasteiger partial charge in [-0.2, -0.15) is 0 Å². The fourth-order valence-electron chi connectivity index (χ4n) is 3.09. The zero-order chi connectivity index (χ0) is 24.7. The van der Waals surface area contributed by atoms with Gasteiger partial charge in [0.15, 0.2) is 0 Å². The summed E-state index contributed by atoms with van der Waals surface area (Å²) in [7, 11) is 0. The lowest BCUT2D eigenvalue weighted by atomic mass is 10.1. The fourth-order valence-corrected chi connectivity index (χ4v) is 4.40. The fraction of sp³-hybridized carbons (Fsp3) is 0.160. The highest BCUT2D eigenvalue weighted by molar-refractivity contribution is 8.00. The number of rotatable bonds is 9. The molecule has 3 N–H and O–H groups in total. The quantitative estimate of drug-likeness (QED) is 0.286. The first-order valence-corrected chi connectivity index (χ1v) is 12.0. The van der Waals surface area contributed by atoms with Crippen molar-refractivity contribution in [3.05, 3.63) is 87.9 Å². The molecule has 3 aromatic rings. The van der Waals surface area contributed by atoms with Gasteiger partial charge in [0.2, 0.25) is 11.8 Å². The van der Waals surface area contributed by atoms with Crippen molar-refractivity contribution < 1.29 is 19.5 Å². The Labute approximate surface area is 211 Å². The molecule has 0 aliphatic carbocycles. The zero-order valence-corrected chi connectivity index (χ0v) is 20.5. The standard InChI is InChI=1S/C25H22Cl2N2O4S/c1-2-22(24(31)29-21-13-16(25(32)33)8-11-20(21)27)34-19-5-3-4-18(14-19)28-23(30)12-15-6-9-17(26)10-7-15/h3-11,13-14,22H,2,12H2,1H3,(H,28,30)(H,29,31)(H,32,33). The van der Waals surface area contributed by atoms with Crippen LogP contribution in [0.3, 0.4) is 0 Å². The molecule has 0 aliphatic heterocycles. The SMILES string of the molecule is CCC(Sc1cccc(NC(=O)Cc2ccc(Cl)cc2)c1)C(=O)Nc1cc(C(=O)O)ccc1Cl. The second-order valence-electron chi connectivity index (χ2n) is 7.38. The van der Waals surface area contributed by atoms with Gasteiger partial charge in [-0.05, 0) is 60.5 Å². The van der Waals surface area contributed by atoms with E-state index in [-0.39, 0.29) is 34.5 Å². The van der Waals surface area contributed by atoms with Crippen molar-refractivity contribution in [2.24, 2.45) is 0 Å². The largest absolute Gasteiger partial charge is 0.478 e. The highest BCUT2D eigenvalue weighted by Gasteiger charge is 2.20. The van der Waals surface area contributed by atoms with Crippen molar-refractivity contribution in [2.45, 2.75) is 29.9 Å². The number of thioether (sulfide) groups is 1. The van der Waals surface area contributed by atoms with E-state index in [1.165, 1.54) is 30.0 Å². The van der Waals surface area contributed by atoms with Gasteiger partial charge in [-0.3, -0.25) is 9.59 Å². The summed E-state index contributed by atoms with van der Waals surface area (Å²) in [6, 6.07) is 18.5. The van der Waals surface area contributed by atoms with Crippen LogP contribution in [0.4, 0.5) is 11.4 Å². The van der Waals surface area contributed by atoms with Gasteiger partial charge in [0.1, 0.15) is 0 Å². The van der Waals surface area contributed by atoms with Crippen LogP contribution in [0.5, 0.6) is 0 Å². The normalized spacial score (nSPS) is 11.5. The van der Waals surface area contributed by atoms with Crippen molar-refractivity contribution >= 4 is 64.1 Å². The number of carboxylic acid groups (broad SMARTS) is 1. The highest BCUT2D eigenvalue weighted by atomic mass is 35.5. The molecule has 1 atom stereocenters. The van der Waals surface area contributed by atoms with Gasteiger partial charge < -0.3 is 15.7 Å². The first-order chi connectivity index (χ1) is 16.2. The summed E-state index contributed by atoms with van der Waals surface area (Å²) in [5, 5.41) is 15.2. The third-order valence-electron chi connectivity index (χ3n) is 4.81. The average molecular weight is 517 g/mol. The summed E-state index contributed by atoms with van der Waals surface area (Å²) in [6.45, 7) is 1.88. The summed E-state index contributed by atoms with van der Waals surface area (Å²) >= 11 is 13.4. The van der Waals surface area contributed by atoms with Crippen molar-refractivity contribution in [1.29, 1.82) is 0 Å². The van der Waals surface area contributed by atoms with Gasteiger partial charge in [0.25, 0.3) is 0 Å². The summed E-state index contributed by atoms with van der Waals surface area (Å²) < 4.78 is 0. The van der Waals surface area contributed by atoms with Gasteiger partial charge in [0, 0.05) is 15.6 Å². The van der Waals surface area contributed by atoms with Crippen LogP contribution in [0.1, 0.15) is 29.3 Å². The van der Waals surface area contributed by atoms with E-state index in [1.54, 1.807) is 42.5 Å². The van der Waals surface area contributed by atoms with Crippen LogP contribution in [0, 0.1) is 0 Å². The molecule has 9 heteroatoms. The molecule has 1 unspecified atom stereocenters. The van der Waals surface area contributed by atoms with E-state index in [0.717, 1.165) is 10.5 Å². The molecule has 0 aromatic heterocycles. The molecule has 0 spiro atoms. The number of aromatic carboxylic acids is 1. The molecule has 3 aromatic carbocycles. The lowest BCUT2D eigenvalue weighted by Crippen LogP contribution is -2.24. The molecule has 2 amide bonds. The van der Waals surface area contributed by atoms with Crippen molar-refractivity contribution in [3.8, 4) is 0 Å². The number of carboxylic acids is 1. The summed E-state index contributed by atoms with van der Waals surface area (Å²) in [6.07, 6.45) is 0.741. The number of amides is 2. The topological polar surface area (TPSA) is 95.5 Å². The summed E-state index contributed by atoms with van der Waals surface area (Å²) in [4.78, 5) is 37.3. The number of carbonyl (C=O) groups excluding carboxylic acids is 2. The minimum Gasteiger partial charge on any atom is -0.478 e. The van der Waals surface area contributed by atoms with E-state index >= 15 is 0 Å². The number of nitrogens with one attached hydrogen (secondary N) is 2. The Morgan fingerprint density at radius 2 is 1.71 bits per heavy atom. The van der Waals surface area contributed by atoms with Gasteiger partial charge in [-0.1, -0.05) is 48.3 Å². The molecule has 34 heavy (non-hydrogen) atoms. The van der Waals surface area contributed by atoms with Gasteiger partial charge >= 0.3 is 5.97 Å². The van der Waals surface area contributed by atoms with Crippen LogP contribution < -0.4 is 10.6 Å². The van der Waals surface area contributed by atoms with Crippen LogP contribution >= 0.6 is 35.0 Å². The number of carbonyl (C=O) groups is 3. The number of hydrogen-bond donors (Lipinski definition) is 3. The maximum absolute atomic E-state index is 12.9. The van der Waals surface area contributed by atoms with Gasteiger partial charge in [-0.15, -0.1) is 11.8 Å². The summed E-state index contributed by atoms with van der Waals surface area (Å²) in [5.74, 6) is -1.57. The average Bonchev–Trinajstić information content (AvgIpc) is 2.80. The van der Waals surface area contributed by atoms with E-state index in [4.69, 9.17) is 23.2 Å². The maximum atomic E-state index is 12.9. The van der Waals surface area contributed by atoms with Crippen LogP contribution in [0.25, 0.3) is 0 Å². The Hall–Kier alpha value is -3.00. The molecule has 6 nitrogen and oxygen atoms in total. The smallest absolute Gasteiger partial charge is 0.335 e. The Morgan fingerprint density at radius 3 is 2.38 bits per heavy atom. The lowest BCUT2D eigenvalue weighted by molar-refractivity contribution is -0.116. The molecule has 0 heterocycles. The van der Waals surface area contributed by atoms with Crippen molar-refractivity contribution in [2.75, 3.05) is 10.6 Å². The molecule has 0 fully saturated rings. The predicted molar refractivity (Wildman–Crippen MR) is 137 cm³/mol. The first kappa shape index (κ1) is 25.6. The van der Waals surface area contributed by atoms with Crippen molar-refractivity contribution in [3.63, 3.8) is 0 Å². The second-order valence-corrected chi connectivity index (χ2v) is 9.50. The third kappa shape index (κ3) is 7.25. The zero-order valence-electron chi connectivity index (χ0n) is 18.2. The molecule has 3 rings (SSSR count). The van der Waals surface area contributed by atoms with E-state index in [0.29, 0.717) is 17.1 Å². The molecule has 0 radical (unpaired) electrons. The Morgan fingerprint density at radius 1 is 0.971 bits per heavy atom. The molecular weight excluding hydrogens is 495 g/mol. The predicted octanol–water partition coefficient (Wildman–Crippen LogP) is 6.38. The number of benzene rings is 3. The molecule has 0 saturated carbocycles.